The fourth-order valence-corrected chi connectivity index (χ4v) is 1.95. The van der Waals surface area contributed by atoms with E-state index in [1.807, 2.05) is 13.8 Å². The van der Waals surface area contributed by atoms with Crippen molar-refractivity contribution in [3.05, 3.63) is 29.8 Å². The zero-order valence-corrected chi connectivity index (χ0v) is 13.4. The lowest BCUT2D eigenvalue weighted by atomic mass is 10.1. The van der Waals surface area contributed by atoms with Gasteiger partial charge in [-0.05, 0) is 31.5 Å². The number of carbonyl (C=O) groups is 3. The summed E-state index contributed by atoms with van der Waals surface area (Å²) in [6, 6.07) is 6.94. The van der Waals surface area contributed by atoms with E-state index in [0.717, 1.165) is 5.56 Å². The molecule has 0 radical (unpaired) electrons. The Hall–Kier alpha value is -2.37. The molecule has 0 aliphatic heterocycles. The number of methoxy groups -OCH3 is 1. The van der Waals surface area contributed by atoms with E-state index in [2.05, 4.69) is 10.1 Å². The van der Waals surface area contributed by atoms with Crippen molar-refractivity contribution in [2.45, 2.75) is 33.2 Å². The Balaban J connectivity index is 2.72. The predicted octanol–water partition coefficient (Wildman–Crippen LogP) is 1.60. The number of nitrogens with zero attached hydrogens (tertiary/aromatic N) is 1. The first-order valence-electron chi connectivity index (χ1n) is 7.06. The molecule has 0 saturated heterocycles. The van der Waals surface area contributed by atoms with Crippen LogP contribution in [0.25, 0.3) is 0 Å². The molecular formula is C16H22N2O4. The monoisotopic (exact) mass is 306 g/mol. The predicted molar refractivity (Wildman–Crippen MR) is 83.3 cm³/mol. The number of amides is 2. The van der Waals surface area contributed by atoms with Crippen LogP contribution in [0.4, 0.5) is 5.69 Å². The largest absolute Gasteiger partial charge is 0.468 e. The first kappa shape index (κ1) is 17.7. The minimum absolute atomic E-state index is 0.0586. The highest BCUT2D eigenvalue weighted by molar-refractivity contribution is 5.88. The van der Waals surface area contributed by atoms with Crippen LogP contribution in [-0.4, -0.2) is 42.4 Å². The summed E-state index contributed by atoms with van der Waals surface area (Å²) in [7, 11) is 1.30. The van der Waals surface area contributed by atoms with E-state index in [0.29, 0.717) is 5.69 Å². The van der Waals surface area contributed by atoms with Crippen molar-refractivity contribution in [3.63, 3.8) is 0 Å². The van der Waals surface area contributed by atoms with Crippen LogP contribution in [0.3, 0.4) is 0 Å². The lowest BCUT2D eigenvalue weighted by Crippen LogP contribution is -2.41. The average molecular weight is 306 g/mol. The molecule has 0 saturated carbocycles. The van der Waals surface area contributed by atoms with Gasteiger partial charge in [-0.15, -0.1) is 0 Å². The van der Waals surface area contributed by atoms with E-state index in [4.69, 9.17) is 0 Å². The van der Waals surface area contributed by atoms with Gasteiger partial charge >= 0.3 is 5.97 Å². The molecule has 1 rings (SSSR count). The van der Waals surface area contributed by atoms with Gasteiger partial charge < -0.3 is 15.0 Å². The van der Waals surface area contributed by atoms with Crippen LogP contribution in [-0.2, 0) is 25.5 Å². The molecule has 0 aliphatic carbocycles. The summed E-state index contributed by atoms with van der Waals surface area (Å²) in [4.78, 5) is 36.1. The SMILES string of the molecule is COC(=O)CN(C(=O)Cc1ccc(NC(C)=O)cc1)C(C)C. The average Bonchev–Trinajstić information content (AvgIpc) is 2.45. The molecule has 0 heterocycles. The summed E-state index contributed by atoms with van der Waals surface area (Å²) in [6.07, 6.45) is 0.190. The summed E-state index contributed by atoms with van der Waals surface area (Å²) in [6.45, 7) is 5.07. The molecule has 0 unspecified atom stereocenters. The number of anilines is 1. The summed E-state index contributed by atoms with van der Waals surface area (Å²) in [5, 5.41) is 2.66. The van der Waals surface area contributed by atoms with Crippen molar-refractivity contribution in [2.24, 2.45) is 0 Å². The van der Waals surface area contributed by atoms with Gasteiger partial charge in [0.2, 0.25) is 11.8 Å². The molecule has 1 N–H and O–H groups in total. The highest BCUT2D eigenvalue weighted by Crippen LogP contribution is 2.12. The van der Waals surface area contributed by atoms with Crippen molar-refractivity contribution in [3.8, 4) is 0 Å². The van der Waals surface area contributed by atoms with Crippen molar-refractivity contribution in [1.82, 2.24) is 4.90 Å². The number of rotatable bonds is 6. The van der Waals surface area contributed by atoms with Gasteiger partial charge in [0.25, 0.3) is 0 Å². The van der Waals surface area contributed by atoms with E-state index in [-0.39, 0.29) is 30.8 Å². The highest BCUT2D eigenvalue weighted by atomic mass is 16.5. The van der Waals surface area contributed by atoms with E-state index in [1.54, 1.807) is 24.3 Å². The summed E-state index contributed by atoms with van der Waals surface area (Å²) >= 11 is 0. The number of esters is 1. The minimum atomic E-state index is -0.442. The third kappa shape index (κ3) is 5.55. The van der Waals surface area contributed by atoms with Crippen molar-refractivity contribution < 1.29 is 19.1 Å². The van der Waals surface area contributed by atoms with E-state index in [1.165, 1.54) is 18.9 Å². The number of benzene rings is 1. The van der Waals surface area contributed by atoms with E-state index < -0.39 is 5.97 Å². The lowest BCUT2D eigenvalue weighted by molar-refractivity contribution is -0.148. The summed E-state index contributed by atoms with van der Waals surface area (Å²) < 4.78 is 4.61. The van der Waals surface area contributed by atoms with Gasteiger partial charge in [-0.25, -0.2) is 0 Å². The van der Waals surface area contributed by atoms with E-state index >= 15 is 0 Å². The van der Waals surface area contributed by atoms with Crippen molar-refractivity contribution in [1.29, 1.82) is 0 Å². The molecule has 0 fully saturated rings. The lowest BCUT2D eigenvalue weighted by Gasteiger charge is -2.25. The number of ether oxygens (including phenoxy) is 1. The van der Waals surface area contributed by atoms with Crippen LogP contribution in [0.15, 0.2) is 24.3 Å². The normalized spacial score (nSPS) is 10.2. The Kier molecular flexibility index (Phi) is 6.56. The second-order valence-electron chi connectivity index (χ2n) is 5.25. The molecule has 0 aromatic heterocycles. The molecule has 6 nitrogen and oxygen atoms in total. The molecule has 0 aliphatic rings. The van der Waals surface area contributed by atoms with Crippen LogP contribution in [0.5, 0.6) is 0 Å². The second-order valence-corrected chi connectivity index (χ2v) is 5.25. The molecule has 22 heavy (non-hydrogen) atoms. The molecule has 2 amide bonds. The molecule has 6 heteroatoms. The van der Waals surface area contributed by atoms with Gasteiger partial charge in [0.1, 0.15) is 6.54 Å². The first-order valence-corrected chi connectivity index (χ1v) is 7.06. The smallest absolute Gasteiger partial charge is 0.325 e. The zero-order valence-electron chi connectivity index (χ0n) is 13.4. The van der Waals surface area contributed by atoms with E-state index in [9.17, 15) is 14.4 Å². The zero-order chi connectivity index (χ0) is 16.7. The van der Waals surface area contributed by atoms with Gasteiger partial charge in [0, 0.05) is 18.7 Å². The Labute approximate surface area is 130 Å². The number of hydrogen-bond acceptors (Lipinski definition) is 4. The topological polar surface area (TPSA) is 75.7 Å². The van der Waals surface area contributed by atoms with Crippen LogP contribution in [0, 0.1) is 0 Å². The maximum Gasteiger partial charge on any atom is 0.325 e. The van der Waals surface area contributed by atoms with Crippen molar-refractivity contribution >= 4 is 23.5 Å². The summed E-state index contributed by atoms with van der Waals surface area (Å²) in [5.41, 5.74) is 1.49. The minimum Gasteiger partial charge on any atom is -0.468 e. The van der Waals surface area contributed by atoms with Gasteiger partial charge in [0.15, 0.2) is 0 Å². The van der Waals surface area contributed by atoms with Gasteiger partial charge in [-0.3, -0.25) is 14.4 Å². The van der Waals surface area contributed by atoms with Crippen molar-refractivity contribution in [2.75, 3.05) is 19.0 Å². The molecular weight excluding hydrogens is 284 g/mol. The number of hydrogen-bond donors (Lipinski definition) is 1. The van der Waals surface area contributed by atoms with Gasteiger partial charge in [-0.1, -0.05) is 12.1 Å². The fraction of sp³-hybridized carbons (Fsp3) is 0.438. The molecule has 0 atom stereocenters. The molecule has 0 spiro atoms. The third-order valence-electron chi connectivity index (χ3n) is 3.10. The maximum atomic E-state index is 12.3. The van der Waals surface area contributed by atoms with Crippen LogP contribution >= 0.6 is 0 Å². The van der Waals surface area contributed by atoms with Gasteiger partial charge in [-0.2, -0.15) is 0 Å². The van der Waals surface area contributed by atoms with Crippen LogP contribution in [0.1, 0.15) is 26.3 Å². The molecule has 1 aromatic carbocycles. The Morgan fingerprint density at radius 2 is 1.77 bits per heavy atom. The molecule has 1 aromatic rings. The third-order valence-corrected chi connectivity index (χ3v) is 3.10. The standard InChI is InChI=1S/C16H22N2O4/c1-11(2)18(10-16(21)22-4)15(20)9-13-5-7-14(8-6-13)17-12(3)19/h5-8,11H,9-10H2,1-4H3,(H,17,19). The van der Waals surface area contributed by atoms with Gasteiger partial charge in [0.05, 0.1) is 13.5 Å². The first-order chi connectivity index (χ1) is 10.3. The number of nitrogens with one attached hydrogen (secondary N) is 1. The van der Waals surface area contributed by atoms with Crippen LogP contribution < -0.4 is 5.32 Å². The Morgan fingerprint density at radius 1 is 1.18 bits per heavy atom. The maximum absolute atomic E-state index is 12.3. The fourth-order valence-electron chi connectivity index (χ4n) is 1.95. The molecule has 120 valence electrons. The molecule has 0 bridgehead atoms. The Bertz CT molecular complexity index is 538. The summed E-state index contributed by atoms with van der Waals surface area (Å²) in [5.74, 6) is -0.733. The quantitative estimate of drug-likeness (QED) is 0.810. The number of carbonyl (C=O) groups excluding carboxylic acids is 3. The Morgan fingerprint density at radius 3 is 2.23 bits per heavy atom. The highest BCUT2D eigenvalue weighted by Gasteiger charge is 2.20. The van der Waals surface area contributed by atoms with Crippen LogP contribution in [0.2, 0.25) is 0 Å². The second kappa shape index (κ2) is 8.17.